The maximum absolute atomic E-state index is 12.4. The van der Waals surface area contributed by atoms with Crippen LogP contribution in [-0.4, -0.2) is 24.2 Å². The molecule has 1 amide bonds. The van der Waals surface area contributed by atoms with E-state index in [1.54, 1.807) is 24.5 Å². The average Bonchev–Trinajstić information content (AvgIpc) is 3.09. The van der Waals surface area contributed by atoms with E-state index >= 15 is 0 Å². The van der Waals surface area contributed by atoms with Crippen molar-refractivity contribution in [2.24, 2.45) is 4.99 Å². The molecular weight excluding hydrogens is 376 g/mol. The van der Waals surface area contributed by atoms with E-state index in [9.17, 15) is 4.79 Å². The molecule has 0 aliphatic rings. The zero-order valence-corrected chi connectivity index (χ0v) is 16.7. The zero-order chi connectivity index (χ0) is 18.0. The number of thiazole rings is 1. The molecule has 0 bridgehead atoms. The summed E-state index contributed by atoms with van der Waals surface area (Å²) >= 11 is 8.90. The summed E-state index contributed by atoms with van der Waals surface area (Å²) in [6, 6.07) is 7.97. The highest BCUT2D eigenvalue weighted by Gasteiger charge is 2.11. The molecule has 132 valence electrons. The van der Waals surface area contributed by atoms with Crippen molar-refractivity contribution in [2.45, 2.75) is 26.8 Å². The van der Waals surface area contributed by atoms with Gasteiger partial charge in [-0.15, -0.1) is 11.3 Å². The number of methoxy groups -OCH3 is 1. The number of hydrogen-bond donors (Lipinski definition) is 0. The van der Waals surface area contributed by atoms with Crippen molar-refractivity contribution in [3.05, 3.63) is 49.4 Å². The first-order chi connectivity index (χ1) is 12.0. The second kappa shape index (κ2) is 7.83. The number of carbonyl (C=O) groups excluding carboxylic acids is 1. The lowest BCUT2D eigenvalue weighted by Gasteiger charge is -2.06. The standard InChI is InChI=1S/C18H19ClN2O2S2/c1-11-8-12(2)17-14(9-11)21(6-7-23-3)18(25-17)20-16(22)10-13-4-5-15(19)24-13/h4-5,8-9H,6-7,10H2,1-3H3. The van der Waals surface area contributed by atoms with Crippen LogP contribution in [0.5, 0.6) is 0 Å². The Labute approximate surface area is 159 Å². The van der Waals surface area contributed by atoms with Crippen LogP contribution >= 0.6 is 34.3 Å². The number of amides is 1. The quantitative estimate of drug-likeness (QED) is 0.645. The molecule has 0 radical (unpaired) electrons. The molecule has 0 fully saturated rings. The van der Waals surface area contributed by atoms with Gasteiger partial charge in [-0.25, -0.2) is 0 Å². The average molecular weight is 395 g/mol. The molecule has 2 aromatic heterocycles. The predicted octanol–water partition coefficient (Wildman–Crippen LogP) is 4.35. The Bertz CT molecular complexity index is 985. The number of nitrogens with zero attached hydrogens (tertiary/aromatic N) is 2. The summed E-state index contributed by atoms with van der Waals surface area (Å²) in [6.07, 6.45) is 0.272. The SMILES string of the molecule is COCCn1c(=NC(=O)Cc2ccc(Cl)s2)sc2c(C)cc(C)cc21. The first-order valence-electron chi connectivity index (χ1n) is 7.89. The molecule has 7 heteroatoms. The summed E-state index contributed by atoms with van der Waals surface area (Å²) < 4.78 is 9.15. The van der Waals surface area contributed by atoms with Crippen LogP contribution < -0.4 is 4.80 Å². The minimum Gasteiger partial charge on any atom is -0.383 e. The third kappa shape index (κ3) is 4.20. The van der Waals surface area contributed by atoms with Gasteiger partial charge >= 0.3 is 0 Å². The highest BCUT2D eigenvalue weighted by Crippen LogP contribution is 2.24. The first kappa shape index (κ1) is 18.3. The molecule has 0 unspecified atom stereocenters. The molecule has 0 aliphatic carbocycles. The van der Waals surface area contributed by atoms with Gasteiger partial charge in [0.1, 0.15) is 0 Å². The number of fused-ring (bicyclic) bond motifs is 1. The van der Waals surface area contributed by atoms with Gasteiger partial charge < -0.3 is 9.30 Å². The molecule has 3 aromatic rings. The van der Waals surface area contributed by atoms with Gasteiger partial charge in [0.15, 0.2) is 4.80 Å². The smallest absolute Gasteiger partial charge is 0.253 e. The minimum atomic E-state index is -0.161. The van der Waals surface area contributed by atoms with Crippen molar-refractivity contribution < 1.29 is 9.53 Å². The van der Waals surface area contributed by atoms with Crippen molar-refractivity contribution in [1.82, 2.24) is 4.57 Å². The molecule has 0 aliphatic heterocycles. The van der Waals surface area contributed by atoms with E-state index in [1.165, 1.54) is 22.5 Å². The summed E-state index contributed by atoms with van der Waals surface area (Å²) in [7, 11) is 1.67. The molecule has 0 saturated heterocycles. The largest absolute Gasteiger partial charge is 0.383 e. The van der Waals surface area contributed by atoms with Crippen LogP contribution in [0.15, 0.2) is 29.3 Å². The van der Waals surface area contributed by atoms with E-state index < -0.39 is 0 Å². The van der Waals surface area contributed by atoms with E-state index in [4.69, 9.17) is 16.3 Å². The second-order valence-corrected chi connectivity index (χ2v) is 8.62. The topological polar surface area (TPSA) is 43.6 Å². The Hall–Kier alpha value is -1.47. The molecule has 2 heterocycles. The Morgan fingerprint density at radius 1 is 1.28 bits per heavy atom. The van der Waals surface area contributed by atoms with E-state index in [2.05, 4.69) is 35.5 Å². The van der Waals surface area contributed by atoms with E-state index in [0.29, 0.717) is 22.3 Å². The van der Waals surface area contributed by atoms with Crippen LogP contribution in [0.3, 0.4) is 0 Å². The number of ether oxygens (including phenoxy) is 1. The van der Waals surface area contributed by atoms with Crippen molar-refractivity contribution in [3.63, 3.8) is 0 Å². The van der Waals surface area contributed by atoms with Gasteiger partial charge in [-0.2, -0.15) is 4.99 Å². The van der Waals surface area contributed by atoms with Gasteiger partial charge in [-0.1, -0.05) is 29.0 Å². The maximum Gasteiger partial charge on any atom is 0.253 e. The van der Waals surface area contributed by atoms with Gasteiger partial charge in [0.2, 0.25) is 0 Å². The molecule has 4 nitrogen and oxygen atoms in total. The van der Waals surface area contributed by atoms with Crippen molar-refractivity contribution in [3.8, 4) is 0 Å². The number of aromatic nitrogens is 1. The molecule has 0 spiro atoms. The van der Waals surface area contributed by atoms with Crippen LogP contribution in [0, 0.1) is 13.8 Å². The van der Waals surface area contributed by atoms with E-state index in [-0.39, 0.29) is 12.3 Å². The normalized spacial score (nSPS) is 12.2. The van der Waals surface area contributed by atoms with Crippen LogP contribution in [0.4, 0.5) is 0 Å². The fraction of sp³-hybridized carbons (Fsp3) is 0.333. The molecule has 0 atom stereocenters. The number of aryl methyl sites for hydroxylation is 2. The van der Waals surface area contributed by atoms with Crippen LogP contribution in [-0.2, 0) is 22.5 Å². The van der Waals surface area contributed by atoms with Crippen molar-refractivity contribution >= 4 is 50.4 Å². The van der Waals surface area contributed by atoms with Crippen LogP contribution in [0.25, 0.3) is 10.2 Å². The Morgan fingerprint density at radius 2 is 2.08 bits per heavy atom. The van der Waals surface area contributed by atoms with Gasteiger partial charge in [-0.05, 0) is 43.2 Å². The Morgan fingerprint density at radius 3 is 2.76 bits per heavy atom. The van der Waals surface area contributed by atoms with E-state index in [0.717, 1.165) is 15.1 Å². The van der Waals surface area contributed by atoms with E-state index in [1.807, 2.05) is 6.07 Å². The zero-order valence-electron chi connectivity index (χ0n) is 14.3. The second-order valence-electron chi connectivity index (χ2n) is 5.85. The summed E-state index contributed by atoms with van der Waals surface area (Å²) in [4.78, 5) is 18.4. The summed E-state index contributed by atoms with van der Waals surface area (Å²) in [6.45, 7) is 5.40. The van der Waals surface area contributed by atoms with Gasteiger partial charge in [0.05, 0.1) is 27.6 Å². The minimum absolute atomic E-state index is 0.161. The summed E-state index contributed by atoms with van der Waals surface area (Å²) in [5, 5.41) is 0. The molecular formula is C18H19ClN2O2S2. The molecule has 3 rings (SSSR count). The predicted molar refractivity (Wildman–Crippen MR) is 105 cm³/mol. The third-order valence-electron chi connectivity index (χ3n) is 3.81. The fourth-order valence-corrected chi connectivity index (χ4v) is 4.94. The van der Waals surface area contributed by atoms with Gasteiger partial charge in [0.25, 0.3) is 5.91 Å². The fourth-order valence-electron chi connectivity index (χ4n) is 2.74. The summed E-state index contributed by atoms with van der Waals surface area (Å²) in [5.74, 6) is -0.161. The maximum atomic E-state index is 12.4. The Kier molecular flexibility index (Phi) is 5.74. The lowest BCUT2D eigenvalue weighted by molar-refractivity contribution is -0.117. The molecule has 25 heavy (non-hydrogen) atoms. The third-order valence-corrected chi connectivity index (χ3v) is 6.27. The first-order valence-corrected chi connectivity index (χ1v) is 9.90. The summed E-state index contributed by atoms with van der Waals surface area (Å²) in [5.41, 5.74) is 3.50. The van der Waals surface area contributed by atoms with Gasteiger partial charge in [0, 0.05) is 18.5 Å². The number of carbonyl (C=O) groups is 1. The monoisotopic (exact) mass is 394 g/mol. The molecule has 0 N–H and O–H groups in total. The van der Waals surface area contributed by atoms with Crippen LogP contribution in [0.1, 0.15) is 16.0 Å². The van der Waals surface area contributed by atoms with Gasteiger partial charge in [-0.3, -0.25) is 4.79 Å². The number of rotatable bonds is 5. The molecule has 1 aromatic carbocycles. The Balaban J connectivity index is 2.04. The van der Waals surface area contributed by atoms with Crippen molar-refractivity contribution in [2.75, 3.05) is 13.7 Å². The van der Waals surface area contributed by atoms with Crippen molar-refractivity contribution in [1.29, 1.82) is 0 Å². The number of thiophene rings is 1. The molecule has 0 saturated carbocycles. The highest BCUT2D eigenvalue weighted by molar-refractivity contribution is 7.16. The number of benzene rings is 1. The van der Waals surface area contributed by atoms with Crippen LogP contribution in [0.2, 0.25) is 4.34 Å². The number of halogens is 1. The highest BCUT2D eigenvalue weighted by atomic mass is 35.5. The lowest BCUT2D eigenvalue weighted by atomic mass is 10.1. The lowest BCUT2D eigenvalue weighted by Crippen LogP contribution is -2.19. The number of hydrogen-bond acceptors (Lipinski definition) is 4.